The van der Waals surface area contributed by atoms with Gasteiger partial charge in [0.15, 0.2) is 0 Å². The van der Waals surface area contributed by atoms with Gasteiger partial charge in [-0.15, -0.1) is 10.2 Å². The number of fused-ring (bicyclic) bond motifs is 2. The molecule has 0 aliphatic heterocycles. The lowest BCUT2D eigenvalue weighted by Gasteiger charge is -2.21. The Labute approximate surface area is 149 Å². The summed E-state index contributed by atoms with van der Waals surface area (Å²) < 4.78 is 27.7. The number of carbonyl (C=O) groups is 1. The van der Waals surface area contributed by atoms with Crippen molar-refractivity contribution in [3.63, 3.8) is 0 Å². The van der Waals surface area contributed by atoms with Gasteiger partial charge in [0.1, 0.15) is 0 Å². The van der Waals surface area contributed by atoms with Crippen molar-refractivity contribution in [1.82, 2.24) is 14.9 Å². The van der Waals surface area contributed by atoms with Crippen LogP contribution in [0.25, 0.3) is 0 Å². The van der Waals surface area contributed by atoms with E-state index in [0.29, 0.717) is 17.4 Å². The molecule has 4 rings (SSSR count). The average molecular weight is 378 g/mol. The minimum Gasteiger partial charge on any atom is -0.296 e. The van der Waals surface area contributed by atoms with E-state index in [-0.39, 0.29) is 21.4 Å². The Kier molecular flexibility index (Phi) is 4.30. The van der Waals surface area contributed by atoms with Crippen LogP contribution in [0.2, 0.25) is 0 Å². The molecule has 3 atom stereocenters. The molecule has 9 heteroatoms. The third-order valence-corrected chi connectivity index (χ3v) is 7.63. The smallest absolute Gasteiger partial charge is 0.270 e. The highest BCUT2D eigenvalue weighted by Crippen LogP contribution is 2.44. The molecule has 2 fully saturated rings. The monoisotopic (exact) mass is 378 g/mol. The highest BCUT2D eigenvalue weighted by Gasteiger charge is 2.41. The molecule has 1 aromatic heterocycles. The van der Waals surface area contributed by atoms with E-state index in [2.05, 4.69) is 20.2 Å². The molecule has 0 spiro atoms. The van der Waals surface area contributed by atoms with Crippen molar-refractivity contribution in [3.8, 4) is 0 Å². The van der Waals surface area contributed by atoms with Crippen LogP contribution in [-0.4, -0.2) is 30.6 Å². The second-order valence-corrected chi connectivity index (χ2v) is 9.46. The number of hydrogen-bond donors (Lipinski definition) is 2. The minimum absolute atomic E-state index is 0.00462. The van der Waals surface area contributed by atoms with Crippen molar-refractivity contribution < 1.29 is 13.2 Å². The summed E-state index contributed by atoms with van der Waals surface area (Å²) in [6.07, 6.45) is 4.31. The normalized spacial score (nSPS) is 25.2. The zero-order valence-electron chi connectivity index (χ0n) is 13.4. The topological polar surface area (TPSA) is 101 Å². The molecule has 0 radical (unpaired) electrons. The van der Waals surface area contributed by atoms with Crippen LogP contribution in [0.4, 0.5) is 5.13 Å². The van der Waals surface area contributed by atoms with E-state index < -0.39 is 10.0 Å². The molecule has 0 saturated heterocycles. The lowest BCUT2D eigenvalue weighted by molar-refractivity contribution is 0.102. The molecule has 2 bridgehead atoms. The van der Waals surface area contributed by atoms with Crippen LogP contribution >= 0.6 is 11.3 Å². The van der Waals surface area contributed by atoms with Crippen molar-refractivity contribution >= 4 is 32.4 Å². The van der Waals surface area contributed by atoms with Crippen LogP contribution < -0.4 is 10.0 Å². The summed E-state index contributed by atoms with van der Waals surface area (Å²) >= 11 is 0.862. The summed E-state index contributed by atoms with van der Waals surface area (Å²) in [6.45, 7) is 0. The Bertz CT molecular complexity index is 882. The van der Waals surface area contributed by atoms with Gasteiger partial charge in [0.2, 0.25) is 9.47 Å². The molecule has 2 saturated carbocycles. The third kappa shape index (κ3) is 3.44. The van der Waals surface area contributed by atoms with Crippen molar-refractivity contribution in [2.24, 2.45) is 11.8 Å². The summed E-state index contributed by atoms with van der Waals surface area (Å²) in [5.74, 6) is 0.736. The third-order valence-electron chi connectivity index (χ3n) is 4.94. The molecule has 0 unspecified atom stereocenters. The second-order valence-electron chi connectivity index (χ2n) is 6.60. The fourth-order valence-corrected chi connectivity index (χ4v) is 6.00. The van der Waals surface area contributed by atoms with Gasteiger partial charge in [-0.3, -0.25) is 10.1 Å². The van der Waals surface area contributed by atoms with Crippen LogP contribution in [0, 0.1) is 11.8 Å². The number of nitrogens with zero attached hydrogens (tertiary/aromatic N) is 2. The zero-order chi connectivity index (χ0) is 17.4. The number of anilines is 1. The van der Waals surface area contributed by atoms with Gasteiger partial charge >= 0.3 is 0 Å². The first-order valence-corrected chi connectivity index (χ1v) is 10.5. The number of rotatable bonds is 5. The predicted octanol–water partition coefficient (Wildman–Crippen LogP) is 2.26. The summed E-state index contributed by atoms with van der Waals surface area (Å²) in [7, 11) is -3.70. The molecule has 2 aliphatic rings. The van der Waals surface area contributed by atoms with Gasteiger partial charge in [-0.1, -0.05) is 36.0 Å². The molecule has 2 aromatic rings. The first-order chi connectivity index (χ1) is 12.0. The quantitative estimate of drug-likeness (QED) is 0.777. The van der Waals surface area contributed by atoms with Gasteiger partial charge in [0.25, 0.3) is 15.9 Å². The Balaban J connectivity index is 1.44. The summed E-state index contributed by atoms with van der Waals surface area (Å²) in [5, 5.41) is 10.3. The Morgan fingerprint density at radius 2 is 1.92 bits per heavy atom. The molecule has 1 amide bonds. The summed E-state index contributed by atoms with van der Waals surface area (Å²) in [6, 6.07) is 8.66. The molecule has 1 aromatic carbocycles. The summed E-state index contributed by atoms with van der Waals surface area (Å²) in [4.78, 5) is 12.1. The van der Waals surface area contributed by atoms with Crippen LogP contribution in [0.3, 0.4) is 0 Å². The fourth-order valence-electron chi connectivity index (χ4n) is 3.77. The lowest BCUT2D eigenvalue weighted by Crippen LogP contribution is -2.38. The number of sulfonamides is 1. The average Bonchev–Trinajstić information content (AvgIpc) is 3.32. The molecule has 7 nitrogen and oxygen atoms in total. The van der Waals surface area contributed by atoms with Crippen molar-refractivity contribution in [2.45, 2.75) is 36.1 Å². The molecular weight excluding hydrogens is 360 g/mol. The summed E-state index contributed by atoms with van der Waals surface area (Å²) in [5.41, 5.74) is 0.474. The maximum atomic E-state index is 12.5. The van der Waals surface area contributed by atoms with Gasteiger partial charge in [-0.25, -0.2) is 13.1 Å². The van der Waals surface area contributed by atoms with Crippen LogP contribution in [-0.2, 0) is 10.0 Å². The molecule has 1 heterocycles. The van der Waals surface area contributed by atoms with Crippen molar-refractivity contribution in [3.05, 3.63) is 35.9 Å². The standard InChI is InChI=1S/C16H18N4O3S2/c21-14(11-4-2-1-3-5-11)17-15-18-19-16(24-15)25(22,23)20-13-9-10-6-7-12(13)8-10/h1-5,10,12-13,20H,6-9H2,(H,17,18,21)/t10-,12-,13+/m0/s1. The predicted molar refractivity (Wildman–Crippen MR) is 93.9 cm³/mol. The molecule has 132 valence electrons. The molecular formula is C16H18N4O3S2. The SMILES string of the molecule is O=C(Nc1nnc(S(=O)(=O)N[C@@H]2C[C@H]3CC[C@H]2C3)s1)c1ccccc1. The number of carbonyl (C=O) groups excluding carboxylic acids is 1. The maximum Gasteiger partial charge on any atom is 0.270 e. The highest BCUT2D eigenvalue weighted by atomic mass is 32.2. The van der Waals surface area contributed by atoms with Crippen LogP contribution in [0.1, 0.15) is 36.0 Å². The van der Waals surface area contributed by atoms with E-state index in [0.717, 1.165) is 30.6 Å². The molecule has 25 heavy (non-hydrogen) atoms. The molecule has 2 N–H and O–H groups in total. The van der Waals surface area contributed by atoms with E-state index in [9.17, 15) is 13.2 Å². The van der Waals surface area contributed by atoms with Gasteiger partial charge in [-0.05, 0) is 43.2 Å². The Morgan fingerprint density at radius 1 is 1.12 bits per heavy atom. The largest absolute Gasteiger partial charge is 0.296 e. The first-order valence-electron chi connectivity index (χ1n) is 8.23. The van der Waals surface area contributed by atoms with E-state index in [1.165, 1.54) is 6.42 Å². The zero-order valence-corrected chi connectivity index (χ0v) is 15.0. The second kappa shape index (κ2) is 6.47. The minimum atomic E-state index is -3.70. The maximum absolute atomic E-state index is 12.5. The first kappa shape index (κ1) is 16.6. The fraction of sp³-hybridized carbons (Fsp3) is 0.438. The van der Waals surface area contributed by atoms with Gasteiger partial charge in [-0.2, -0.15) is 0 Å². The van der Waals surface area contributed by atoms with Gasteiger partial charge in [0.05, 0.1) is 0 Å². The number of aromatic nitrogens is 2. The van der Waals surface area contributed by atoms with Gasteiger partial charge in [0, 0.05) is 11.6 Å². The van der Waals surface area contributed by atoms with E-state index in [1.54, 1.807) is 24.3 Å². The van der Waals surface area contributed by atoms with Crippen molar-refractivity contribution in [1.29, 1.82) is 0 Å². The number of nitrogens with one attached hydrogen (secondary N) is 2. The lowest BCUT2D eigenvalue weighted by atomic mass is 9.96. The number of amides is 1. The van der Waals surface area contributed by atoms with Crippen LogP contribution in [0.5, 0.6) is 0 Å². The number of hydrogen-bond acceptors (Lipinski definition) is 6. The number of benzene rings is 1. The Morgan fingerprint density at radius 3 is 2.60 bits per heavy atom. The molecule has 2 aliphatic carbocycles. The van der Waals surface area contributed by atoms with Crippen molar-refractivity contribution in [2.75, 3.05) is 5.32 Å². The van der Waals surface area contributed by atoms with E-state index in [1.807, 2.05) is 6.07 Å². The van der Waals surface area contributed by atoms with E-state index in [4.69, 9.17) is 0 Å². The van der Waals surface area contributed by atoms with Gasteiger partial charge < -0.3 is 0 Å². The van der Waals surface area contributed by atoms with Crippen LogP contribution in [0.15, 0.2) is 34.7 Å². The van der Waals surface area contributed by atoms with E-state index >= 15 is 0 Å². The highest BCUT2D eigenvalue weighted by molar-refractivity contribution is 7.91. The Hall–Kier alpha value is -1.84.